The number of ketones is 1. The van der Waals surface area contributed by atoms with Crippen LogP contribution in [0.15, 0.2) is 102 Å². The number of nitriles is 1. The molecule has 7 heteroatoms. The smallest absolute Gasteiger partial charge is 0.268 e. The van der Waals surface area contributed by atoms with E-state index in [2.05, 4.69) is 5.32 Å². The summed E-state index contributed by atoms with van der Waals surface area (Å²) in [4.78, 5) is 39.6. The van der Waals surface area contributed by atoms with Crippen LogP contribution in [0.5, 0.6) is 5.75 Å². The first kappa shape index (κ1) is 27.6. The van der Waals surface area contributed by atoms with Gasteiger partial charge in [0.25, 0.3) is 11.5 Å². The van der Waals surface area contributed by atoms with Gasteiger partial charge in [-0.15, -0.1) is 0 Å². The maximum Gasteiger partial charge on any atom is 0.268 e. The van der Waals surface area contributed by atoms with Gasteiger partial charge in [0.2, 0.25) is 0 Å². The van der Waals surface area contributed by atoms with Gasteiger partial charge < -0.3 is 14.6 Å². The van der Waals surface area contributed by atoms with Crippen LogP contribution in [0.3, 0.4) is 0 Å². The van der Waals surface area contributed by atoms with E-state index in [9.17, 15) is 19.6 Å². The second-order valence-electron chi connectivity index (χ2n) is 10.2. The number of benzene rings is 3. The SMILES string of the molecule is N#Cc1cc(C(=O)c2ccccc2OCC(=O)NC(c2ccccc2)c2ccccc2)cn(C2CCCCC2)c1=O. The van der Waals surface area contributed by atoms with E-state index in [1.165, 1.54) is 6.07 Å². The van der Waals surface area contributed by atoms with Gasteiger partial charge >= 0.3 is 0 Å². The average Bonchev–Trinajstić information content (AvgIpc) is 3.04. The van der Waals surface area contributed by atoms with Crippen molar-refractivity contribution in [3.05, 3.63) is 135 Å². The molecule has 0 saturated heterocycles. The zero-order valence-corrected chi connectivity index (χ0v) is 22.7. The highest BCUT2D eigenvalue weighted by Gasteiger charge is 2.23. The number of pyridine rings is 1. The standard InChI is InChI=1S/C34H31N3O4/c35-21-26-20-27(22-37(34(26)40)28-16-8-3-9-17-28)33(39)29-18-10-11-19-30(29)41-23-31(38)36-32(24-12-4-1-5-13-24)25-14-6-2-7-15-25/h1-2,4-7,10-15,18-20,22,28,32H,3,8-9,16-17,23H2,(H,36,38). The molecule has 0 unspecified atom stereocenters. The van der Waals surface area contributed by atoms with Crippen molar-refractivity contribution in [2.24, 2.45) is 0 Å². The van der Waals surface area contributed by atoms with Gasteiger partial charge in [-0.3, -0.25) is 14.4 Å². The van der Waals surface area contributed by atoms with Gasteiger partial charge in [0, 0.05) is 17.8 Å². The molecule has 206 valence electrons. The van der Waals surface area contributed by atoms with E-state index in [0.717, 1.165) is 43.2 Å². The monoisotopic (exact) mass is 545 g/mol. The summed E-state index contributed by atoms with van der Waals surface area (Å²) in [7, 11) is 0. The van der Waals surface area contributed by atoms with E-state index in [1.807, 2.05) is 66.7 Å². The highest BCUT2D eigenvalue weighted by Crippen LogP contribution is 2.28. The molecule has 5 rings (SSSR count). The Balaban J connectivity index is 1.36. The topological polar surface area (TPSA) is 101 Å². The molecule has 41 heavy (non-hydrogen) atoms. The van der Waals surface area contributed by atoms with Gasteiger partial charge in [0.05, 0.1) is 11.6 Å². The number of nitrogens with one attached hydrogen (secondary N) is 1. The molecule has 1 aromatic heterocycles. The molecule has 1 fully saturated rings. The normalized spacial score (nSPS) is 13.4. The summed E-state index contributed by atoms with van der Waals surface area (Å²) in [6, 6.07) is 28.9. The number of carbonyl (C=O) groups is 2. The minimum absolute atomic E-state index is 0.0338. The average molecular weight is 546 g/mol. The Kier molecular flexibility index (Phi) is 8.70. The Morgan fingerprint density at radius 2 is 1.51 bits per heavy atom. The zero-order chi connectivity index (χ0) is 28.6. The molecular formula is C34H31N3O4. The summed E-state index contributed by atoms with van der Waals surface area (Å²) in [5.74, 6) is -0.478. The molecule has 1 saturated carbocycles. The van der Waals surface area contributed by atoms with Gasteiger partial charge in [-0.05, 0) is 42.2 Å². The van der Waals surface area contributed by atoms with Crippen LogP contribution in [-0.4, -0.2) is 22.9 Å². The molecule has 0 atom stereocenters. The molecule has 4 aromatic rings. The molecule has 1 aliphatic carbocycles. The molecule has 0 aliphatic heterocycles. The van der Waals surface area contributed by atoms with Gasteiger partial charge in [0.1, 0.15) is 17.4 Å². The number of aromatic nitrogens is 1. The fraction of sp³-hybridized carbons (Fsp3) is 0.235. The van der Waals surface area contributed by atoms with Gasteiger partial charge in [-0.1, -0.05) is 92.1 Å². The Hall–Kier alpha value is -4.96. The molecule has 0 radical (unpaired) electrons. The summed E-state index contributed by atoms with van der Waals surface area (Å²) in [5, 5.41) is 12.7. The maximum atomic E-state index is 13.7. The first-order chi connectivity index (χ1) is 20.0. The summed E-state index contributed by atoms with van der Waals surface area (Å²) in [6.45, 7) is -0.300. The lowest BCUT2D eigenvalue weighted by Crippen LogP contribution is -2.33. The third kappa shape index (κ3) is 6.44. The first-order valence-electron chi connectivity index (χ1n) is 13.9. The Labute approximate surface area is 239 Å². The maximum absolute atomic E-state index is 13.7. The Bertz CT molecular complexity index is 1580. The van der Waals surface area contributed by atoms with Crippen LogP contribution in [0.2, 0.25) is 0 Å². The van der Waals surface area contributed by atoms with E-state index in [0.29, 0.717) is 0 Å². The van der Waals surface area contributed by atoms with Crippen molar-refractivity contribution < 1.29 is 14.3 Å². The molecule has 1 N–H and O–H groups in total. The number of amides is 1. The number of para-hydroxylation sites is 1. The van der Waals surface area contributed by atoms with Crippen molar-refractivity contribution >= 4 is 11.7 Å². The summed E-state index contributed by atoms with van der Waals surface area (Å²) in [6.07, 6.45) is 6.37. The van der Waals surface area contributed by atoms with E-state index in [-0.39, 0.29) is 58.4 Å². The Morgan fingerprint density at radius 1 is 0.902 bits per heavy atom. The van der Waals surface area contributed by atoms with Crippen LogP contribution in [0.1, 0.15) is 76.8 Å². The number of hydrogen-bond acceptors (Lipinski definition) is 5. The van der Waals surface area contributed by atoms with Crippen LogP contribution in [0, 0.1) is 11.3 Å². The highest BCUT2D eigenvalue weighted by molar-refractivity contribution is 6.10. The third-order valence-electron chi connectivity index (χ3n) is 7.46. The summed E-state index contributed by atoms with van der Waals surface area (Å²) in [5.41, 5.74) is 1.92. The van der Waals surface area contributed by atoms with Crippen molar-refractivity contribution in [1.82, 2.24) is 9.88 Å². The third-order valence-corrected chi connectivity index (χ3v) is 7.46. The van der Waals surface area contributed by atoms with Gasteiger partial charge in [0.15, 0.2) is 12.4 Å². The lowest BCUT2D eigenvalue weighted by molar-refractivity contribution is -0.123. The first-order valence-corrected chi connectivity index (χ1v) is 13.9. The van der Waals surface area contributed by atoms with Gasteiger partial charge in [-0.25, -0.2) is 0 Å². The van der Waals surface area contributed by atoms with Crippen molar-refractivity contribution in [3.8, 4) is 11.8 Å². The molecule has 0 bridgehead atoms. The fourth-order valence-corrected chi connectivity index (χ4v) is 5.37. The van der Waals surface area contributed by atoms with E-state index < -0.39 is 0 Å². The quantitative estimate of drug-likeness (QED) is 0.270. The lowest BCUT2D eigenvalue weighted by Gasteiger charge is -2.24. The number of nitrogens with zero attached hydrogens (tertiary/aromatic N) is 2. The van der Waals surface area contributed by atoms with Crippen molar-refractivity contribution in [1.29, 1.82) is 5.26 Å². The predicted octanol–water partition coefficient (Wildman–Crippen LogP) is 5.74. The second kappa shape index (κ2) is 12.9. The number of carbonyl (C=O) groups excluding carboxylic acids is 2. The molecule has 1 aliphatic rings. The van der Waals surface area contributed by atoms with Gasteiger partial charge in [-0.2, -0.15) is 5.26 Å². The molecule has 1 amide bonds. The summed E-state index contributed by atoms with van der Waals surface area (Å²) >= 11 is 0. The Morgan fingerprint density at radius 3 is 2.15 bits per heavy atom. The largest absolute Gasteiger partial charge is 0.483 e. The number of rotatable bonds is 9. The molecule has 3 aromatic carbocycles. The van der Waals surface area contributed by atoms with Crippen LogP contribution >= 0.6 is 0 Å². The fourth-order valence-electron chi connectivity index (χ4n) is 5.37. The lowest BCUT2D eigenvalue weighted by atomic mass is 9.94. The van der Waals surface area contributed by atoms with E-state index in [1.54, 1.807) is 35.0 Å². The van der Waals surface area contributed by atoms with Crippen LogP contribution in [-0.2, 0) is 4.79 Å². The molecular weight excluding hydrogens is 514 g/mol. The minimum Gasteiger partial charge on any atom is -0.483 e. The predicted molar refractivity (Wildman–Crippen MR) is 156 cm³/mol. The number of hydrogen-bond donors (Lipinski definition) is 1. The van der Waals surface area contributed by atoms with Crippen LogP contribution in [0.4, 0.5) is 0 Å². The molecule has 1 heterocycles. The van der Waals surface area contributed by atoms with Crippen molar-refractivity contribution in [2.45, 2.75) is 44.2 Å². The van der Waals surface area contributed by atoms with Crippen molar-refractivity contribution in [3.63, 3.8) is 0 Å². The van der Waals surface area contributed by atoms with E-state index >= 15 is 0 Å². The van der Waals surface area contributed by atoms with Crippen LogP contribution < -0.4 is 15.6 Å². The zero-order valence-electron chi connectivity index (χ0n) is 22.7. The summed E-state index contributed by atoms with van der Waals surface area (Å²) < 4.78 is 7.43. The van der Waals surface area contributed by atoms with Crippen molar-refractivity contribution in [2.75, 3.05) is 6.61 Å². The molecule has 0 spiro atoms. The van der Waals surface area contributed by atoms with Crippen LogP contribution in [0.25, 0.3) is 0 Å². The second-order valence-corrected chi connectivity index (χ2v) is 10.2. The highest BCUT2D eigenvalue weighted by atomic mass is 16.5. The molecule has 7 nitrogen and oxygen atoms in total. The minimum atomic E-state index is -0.381. The van der Waals surface area contributed by atoms with E-state index in [4.69, 9.17) is 4.74 Å². The number of ether oxygens (including phenoxy) is 1.